The molecule has 0 bridgehead atoms. The SMILES string of the molecule is CC1CCC(Cn2c(N3CCCOCC3C)nc3cc(C4NOC(=O)N4)nc(-c4cncc(Cl)c4)c32)CC1. The molecule has 5 heterocycles. The third-order valence-corrected chi connectivity index (χ3v) is 8.15. The standard InChI is InChI=1S/C27H34ClN7O3/c1-16-4-6-18(7-5-16)14-35-24-21(31-26(35)34-8-3-9-37-15-17(34)2)11-22(25-32-27(36)38-33-25)30-23(24)19-10-20(28)13-29-12-19/h10-13,16-18,25,33H,3-9,14-15H2,1-2H3,(H,32,36). The molecular formula is C27H34ClN7O3. The van der Waals surface area contributed by atoms with E-state index in [1.54, 1.807) is 12.4 Å². The fourth-order valence-corrected chi connectivity index (χ4v) is 6.01. The summed E-state index contributed by atoms with van der Waals surface area (Å²) < 4.78 is 8.22. The number of pyridine rings is 2. The normalized spacial score (nSPS) is 26.3. The molecule has 11 heteroatoms. The molecule has 1 saturated carbocycles. The molecule has 3 aromatic rings. The number of fused-ring (bicyclic) bond motifs is 1. The zero-order chi connectivity index (χ0) is 26.2. The van der Waals surface area contributed by atoms with Gasteiger partial charge in [-0.15, -0.1) is 5.48 Å². The Morgan fingerprint density at radius 1 is 1.13 bits per heavy atom. The predicted molar refractivity (Wildman–Crippen MR) is 145 cm³/mol. The maximum Gasteiger partial charge on any atom is 0.427 e. The topological polar surface area (TPSA) is 106 Å². The molecule has 2 unspecified atom stereocenters. The Hall–Kier alpha value is -2.95. The lowest BCUT2D eigenvalue weighted by Crippen LogP contribution is -2.37. The number of hydroxylamine groups is 1. The minimum absolute atomic E-state index is 0.187. The second-order valence-electron chi connectivity index (χ2n) is 10.9. The molecule has 3 fully saturated rings. The number of nitrogens with one attached hydrogen (secondary N) is 2. The fraction of sp³-hybridized carbons (Fsp3) is 0.556. The molecule has 1 amide bonds. The van der Waals surface area contributed by atoms with E-state index in [0.717, 1.165) is 60.3 Å². The number of rotatable bonds is 5. The average Bonchev–Trinajstić information content (AvgIpc) is 3.43. The fourth-order valence-electron chi connectivity index (χ4n) is 5.84. The Bertz CT molecular complexity index is 1320. The van der Waals surface area contributed by atoms with E-state index in [2.05, 4.69) is 39.1 Å². The van der Waals surface area contributed by atoms with Crippen molar-refractivity contribution in [1.29, 1.82) is 0 Å². The third-order valence-electron chi connectivity index (χ3n) is 7.94. The number of aromatic nitrogens is 4. The van der Waals surface area contributed by atoms with Crippen LogP contribution < -0.4 is 15.7 Å². The zero-order valence-electron chi connectivity index (χ0n) is 21.8. The van der Waals surface area contributed by atoms with E-state index >= 15 is 0 Å². The van der Waals surface area contributed by atoms with Gasteiger partial charge in [-0.25, -0.2) is 14.8 Å². The molecule has 10 nitrogen and oxygen atoms in total. The highest BCUT2D eigenvalue weighted by Gasteiger charge is 2.31. The Morgan fingerprint density at radius 2 is 1.97 bits per heavy atom. The van der Waals surface area contributed by atoms with Crippen molar-refractivity contribution >= 4 is 34.7 Å². The first kappa shape index (κ1) is 25.3. The van der Waals surface area contributed by atoms with Crippen LogP contribution in [-0.4, -0.2) is 51.4 Å². The molecule has 6 rings (SSSR count). The Labute approximate surface area is 227 Å². The number of hydrogen-bond donors (Lipinski definition) is 2. The minimum Gasteiger partial charge on any atom is -0.379 e. The van der Waals surface area contributed by atoms with Crippen molar-refractivity contribution in [1.82, 2.24) is 30.3 Å². The Balaban J connectivity index is 1.54. The van der Waals surface area contributed by atoms with E-state index in [0.29, 0.717) is 23.2 Å². The van der Waals surface area contributed by atoms with Crippen molar-refractivity contribution in [2.45, 2.75) is 64.7 Å². The molecule has 0 spiro atoms. The van der Waals surface area contributed by atoms with Crippen LogP contribution in [0.3, 0.4) is 0 Å². The molecule has 2 saturated heterocycles. The zero-order valence-corrected chi connectivity index (χ0v) is 22.6. The maximum atomic E-state index is 11.8. The van der Waals surface area contributed by atoms with E-state index in [-0.39, 0.29) is 6.04 Å². The molecule has 1 aliphatic carbocycles. The summed E-state index contributed by atoms with van der Waals surface area (Å²) in [6.07, 6.45) is 8.11. The van der Waals surface area contributed by atoms with Crippen LogP contribution in [0.5, 0.6) is 0 Å². The van der Waals surface area contributed by atoms with Gasteiger partial charge < -0.3 is 19.0 Å². The number of imidazole rings is 1. The van der Waals surface area contributed by atoms with Crippen LogP contribution in [0.2, 0.25) is 5.02 Å². The number of anilines is 1. The average molecular weight is 540 g/mol. The van der Waals surface area contributed by atoms with Gasteiger partial charge in [-0.1, -0.05) is 31.4 Å². The van der Waals surface area contributed by atoms with Gasteiger partial charge in [0.05, 0.1) is 40.1 Å². The highest BCUT2D eigenvalue weighted by Crippen LogP contribution is 2.37. The lowest BCUT2D eigenvalue weighted by atomic mass is 9.83. The lowest BCUT2D eigenvalue weighted by molar-refractivity contribution is 0.121. The van der Waals surface area contributed by atoms with Gasteiger partial charge in [0, 0.05) is 37.7 Å². The number of hydrogen-bond acceptors (Lipinski definition) is 8. The first-order chi connectivity index (χ1) is 18.5. The molecule has 2 atom stereocenters. The molecule has 2 N–H and O–H groups in total. The van der Waals surface area contributed by atoms with E-state index < -0.39 is 12.3 Å². The van der Waals surface area contributed by atoms with E-state index in [9.17, 15) is 4.79 Å². The molecule has 3 aromatic heterocycles. The van der Waals surface area contributed by atoms with Crippen LogP contribution in [0.4, 0.5) is 10.7 Å². The van der Waals surface area contributed by atoms with Gasteiger partial charge in [-0.05, 0) is 50.2 Å². The van der Waals surface area contributed by atoms with E-state index in [1.807, 2.05) is 12.1 Å². The van der Waals surface area contributed by atoms with Crippen LogP contribution in [-0.2, 0) is 16.1 Å². The Kier molecular flexibility index (Phi) is 7.11. The summed E-state index contributed by atoms with van der Waals surface area (Å²) in [7, 11) is 0. The monoisotopic (exact) mass is 539 g/mol. The highest BCUT2D eigenvalue weighted by molar-refractivity contribution is 6.30. The van der Waals surface area contributed by atoms with Crippen molar-refractivity contribution in [2.75, 3.05) is 24.7 Å². The largest absolute Gasteiger partial charge is 0.427 e. The second kappa shape index (κ2) is 10.7. The summed E-state index contributed by atoms with van der Waals surface area (Å²) >= 11 is 6.38. The van der Waals surface area contributed by atoms with Gasteiger partial charge in [-0.3, -0.25) is 10.3 Å². The number of amides is 1. The van der Waals surface area contributed by atoms with Crippen molar-refractivity contribution in [3.8, 4) is 11.3 Å². The molecule has 3 aliphatic rings. The van der Waals surface area contributed by atoms with Crippen LogP contribution in [0, 0.1) is 11.8 Å². The highest BCUT2D eigenvalue weighted by atomic mass is 35.5. The summed E-state index contributed by atoms with van der Waals surface area (Å²) in [6, 6.07) is 4.00. The van der Waals surface area contributed by atoms with E-state index in [1.165, 1.54) is 25.7 Å². The van der Waals surface area contributed by atoms with Gasteiger partial charge in [0.15, 0.2) is 6.17 Å². The number of nitrogens with zero attached hydrogens (tertiary/aromatic N) is 5. The minimum atomic E-state index is -0.586. The molecule has 202 valence electrons. The van der Waals surface area contributed by atoms with E-state index in [4.69, 9.17) is 31.1 Å². The summed E-state index contributed by atoms with van der Waals surface area (Å²) in [5.74, 6) is 2.28. The summed E-state index contributed by atoms with van der Waals surface area (Å²) in [5, 5.41) is 3.29. The first-order valence-electron chi connectivity index (χ1n) is 13.6. The third kappa shape index (κ3) is 5.04. The summed E-state index contributed by atoms with van der Waals surface area (Å²) in [4.78, 5) is 33.7. The number of carbonyl (C=O) groups excluding carboxylic acids is 1. The van der Waals surface area contributed by atoms with Gasteiger partial charge >= 0.3 is 6.09 Å². The lowest BCUT2D eigenvalue weighted by Gasteiger charge is -2.31. The second-order valence-corrected chi connectivity index (χ2v) is 11.3. The molecule has 0 aromatic carbocycles. The van der Waals surface area contributed by atoms with Crippen molar-refractivity contribution < 1.29 is 14.4 Å². The van der Waals surface area contributed by atoms with Crippen molar-refractivity contribution in [2.24, 2.45) is 11.8 Å². The van der Waals surface area contributed by atoms with Crippen LogP contribution in [0.15, 0.2) is 24.5 Å². The van der Waals surface area contributed by atoms with Crippen molar-refractivity contribution in [3.63, 3.8) is 0 Å². The summed E-state index contributed by atoms with van der Waals surface area (Å²) in [5.41, 5.74) is 6.62. The van der Waals surface area contributed by atoms with Gasteiger partial charge in [0.1, 0.15) is 0 Å². The van der Waals surface area contributed by atoms with Crippen LogP contribution in [0.1, 0.15) is 57.8 Å². The van der Waals surface area contributed by atoms with Gasteiger partial charge in [0.2, 0.25) is 5.95 Å². The summed E-state index contributed by atoms with van der Waals surface area (Å²) in [6.45, 7) is 7.69. The molecule has 38 heavy (non-hydrogen) atoms. The number of carbonyl (C=O) groups is 1. The van der Waals surface area contributed by atoms with Gasteiger partial charge in [-0.2, -0.15) is 0 Å². The molecule has 2 aliphatic heterocycles. The maximum absolute atomic E-state index is 11.8. The van der Waals surface area contributed by atoms with Crippen LogP contribution >= 0.6 is 11.6 Å². The number of ether oxygens (including phenoxy) is 1. The van der Waals surface area contributed by atoms with Crippen LogP contribution in [0.25, 0.3) is 22.3 Å². The van der Waals surface area contributed by atoms with Crippen molar-refractivity contribution in [3.05, 3.63) is 35.2 Å². The smallest absolute Gasteiger partial charge is 0.379 e. The molecule has 0 radical (unpaired) electrons. The van der Waals surface area contributed by atoms with Gasteiger partial charge in [0.25, 0.3) is 0 Å². The first-order valence-corrected chi connectivity index (χ1v) is 13.9. The predicted octanol–water partition coefficient (Wildman–Crippen LogP) is 4.83. The molecular weight excluding hydrogens is 506 g/mol. The Morgan fingerprint density at radius 3 is 2.74 bits per heavy atom. The number of halogens is 1. The quantitative estimate of drug-likeness (QED) is 0.475.